The molecule has 1 aliphatic rings. The number of ether oxygens (including phenoxy) is 1. The summed E-state index contributed by atoms with van der Waals surface area (Å²) in [6, 6.07) is 8.74. The third-order valence-corrected chi connectivity index (χ3v) is 3.53. The van der Waals surface area contributed by atoms with E-state index in [1.54, 1.807) is 7.11 Å². The molecule has 0 saturated carbocycles. The number of nitrogens with one attached hydrogen (secondary N) is 1. The first-order valence-corrected chi connectivity index (χ1v) is 6.28. The van der Waals surface area contributed by atoms with Crippen LogP contribution in [0.3, 0.4) is 0 Å². The Labute approximate surface area is 104 Å². The number of rotatable bonds is 3. The lowest BCUT2D eigenvalue weighted by molar-refractivity contribution is 0.206. The van der Waals surface area contributed by atoms with Crippen molar-refractivity contribution in [3.8, 4) is 5.75 Å². The van der Waals surface area contributed by atoms with Gasteiger partial charge in [0.1, 0.15) is 5.75 Å². The van der Waals surface area contributed by atoms with Crippen LogP contribution in [0.25, 0.3) is 0 Å². The SMILES string of the molecule is COc1cccc(N[C@@H]2CCN(C)C[C@@H]2C)c1. The van der Waals surface area contributed by atoms with E-state index in [2.05, 4.69) is 36.3 Å². The minimum atomic E-state index is 0.568. The number of nitrogens with zero attached hydrogens (tertiary/aromatic N) is 1. The van der Waals surface area contributed by atoms with Crippen LogP contribution in [0.15, 0.2) is 24.3 Å². The van der Waals surface area contributed by atoms with Gasteiger partial charge < -0.3 is 15.0 Å². The van der Waals surface area contributed by atoms with Gasteiger partial charge in [0.2, 0.25) is 0 Å². The molecule has 0 radical (unpaired) electrons. The number of hydrogen-bond acceptors (Lipinski definition) is 3. The number of methoxy groups -OCH3 is 1. The van der Waals surface area contributed by atoms with Crippen molar-refractivity contribution in [3.05, 3.63) is 24.3 Å². The Morgan fingerprint density at radius 2 is 2.24 bits per heavy atom. The molecule has 1 fully saturated rings. The Morgan fingerprint density at radius 1 is 1.41 bits per heavy atom. The summed E-state index contributed by atoms with van der Waals surface area (Å²) in [5.74, 6) is 1.59. The number of piperidine rings is 1. The average molecular weight is 234 g/mol. The summed E-state index contributed by atoms with van der Waals surface area (Å²) < 4.78 is 5.24. The molecule has 2 rings (SSSR count). The van der Waals surface area contributed by atoms with Crippen molar-refractivity contribution < 1.29 is 4.74 Å². The Morgan fingerprint density at radius 3 is 2.94 bits per heavy atom. The molecule has 94 valence electrons. The first-order chi connectivity index (χ1) is 8.19. The van der Waals surface area contributed by atoms with Crippen molar-refractivity contribution in [2.45, 2.75) is 19.4 Å². The third kappa shape index (κ3) is 3.13. The van der Waals surface area contributed by atoms with E-state index in [-0.39, 0.29) is 0 Å². The largest absolute Gasteiger partial charge is 0.497 e. The van der Waals surface area contributed by atoms with Crippen LogP contribution in [-0.4, -0.2) is 38.2 Å². The van der Waals surface area contributed by atoms with Gasteiger partial charge in [-0.05, 0) is 38.1 Å². The van der Waals surface area contributed by atoms with Crippen LogP contribution >= 0.6 is 0 Å². The third-order valence-electron chi connectivity index (χ3n) is 3.53. The van der Waals surface area contributed by atoms with Gasteiger partial charge in [0.25, 0.3) is 0 Å². The predicted octanol–water partition coefficient (Wildman–Crippen LogP) is 2.45. The molecule has 1 saturated heterocycles. The number of anilines is 1. The standard InChI is InChI=1S/C14H22N2O/c1-11-10-16(2)8-7-14(11)15-12-5-4-6-13(9-12)17-3/h4-6,9,11,14-15H,7-8,10H2,1-3H3/t11-,14+/m0/s1. The fraction of sp³-hybridized carbons (Fsp3) is 0.571. The topological polar surface area (TPSA) is 24.5 Å². The molecule has 0 bridgehead atoms. The van der Waals surface area contributed by atoms with Crippen LogP contribution in [0.4, 0.5) is 5.69 Å². The molecular formula is C14H22N2O. The number of hydrogen-bond donors (Lipinski definition) is 1. The molecule has 0 aromatic heterocycles. The molecule has 0 spiro atoms. The zero-order valence-electron chi connectivity index (χ0n) is 10.9. The second-order valence-corrected chi connectivity index (χ2v) is 5.01. The maximum Gasteiger partial charge on any atom is 0.120 e. The Hall–Kier alpha value is -1.22. The van der Waals surface area contributed by atoms with Gasteiger partial charge in [-0.2, -0.15) is 0 Å². The highest BCUT2D eigenvalue weighted by Crippen LogP contribution is 2.23. The molecule has 3 nitrogen and oxygen atoms in total. The maximum absolute atomic E-state index is 5.24. The highest BCUT2D eigenvalue weighted by Gasteiger charge is 2.23. The monoisotopic (exact) mass is 234 g/mol. The lowest BCUT2D eigenvalue weighted by atomic mass is 9.94. The van der Waals surface area contributed by atoms with E-state index in [0.29, 0.717) is 12.0 Å². The highest BCUT2D eigenvalue weighted by molar-refractivity contribution is 5.49. The van der Waals surface area contributed by atoms with Crippen molar-refractivity contribution in [3.63, 3.8) is 0 Å². The van der Waals surface area contributed by atoms with Crippen LogP contribution < -0.4 is 10.1 Å². The van der Waals surface area contributed by atoms with Crippen LogP contribution in [0.2, 0.25) is 0 Å². The van der Waals surface area contributed by atoms with Gasteiger partial charge in [0, 0.05) is 24.3 Å². The van der Waals surface area contributed by atoms with E-state index in [1.165, 1.54) is 19.5 Å². The summed E-state index contributed by atoms with van der Waals surface area (Å²) in [4.78, 5) is 2.40. The van der Waals surface area contributed by atoms with Gasteiger partial charge in [-0.15, -0.1) is 0 Å². The second-order valence-electron chi connectivity index (χ2n) is 5.01. The summed E-state index contributed by atoms with van der Waals surface area (Å²) in [7, 11) is 3.90. The molecule has 0 amide bonds. The first-order valence-electron chi connectivity index (χ1n) is 6.28. The molecule has 1 aromatic rings. The minimum Gasteiger partial charge on any atom is -0.497 e. The highest BCUT2D eigenvalue weighted by atomic mass is 16.5. The lowest BCUT2D eigenvalue weighted by Crippen LogP contribution is -2.43. The van der Waals surface area contributed by atoms with Gasteiger partial charge in [0.05, 0.1) is 7.11 Å². The molecule has 0 aliphatic carbocycles. The normalized spacial score (nSPS) is 25.6. The summed E-state index contributed by atoms with van der Waals surface area (Å²) in [6.07, 6.45) is 1.20. The van der Waals surface area contributed by atoms with E-state index >= 15 is 0 Å². The van der Waals surface area contributed by atoms with E-state index < -0.39 is 0 Å². The van der Waals surface area contributed by atoms with E-state index in [0.717, 1.165) is 11.4 Å². The molecule has 2 atom stereocenters. The molecule has 1 heterocycles. The van der Waals surface area contributed by atoms with Crippen LogP contribution in [-0.2, 0) is 0 Å². The van der Waals surface area contributed by atoms with Gasteiger partial charge in [0.15, 0.2) is 0 Å². The summed E-state index contributed by atoms with van der Waals surface area (Å²) in [6.45, 7) is 4.65. The van der Waals surface area contributed by atoms with Gasteiger partial charge >= 0.3 is 0 Å². The Kier molecular flexibility index (Phi) is 3.89. The fourth-order valence-corrected chi connectivity index (χ4v) is 2.50. The molecule has 3 heteroatoms. The quantitative estimate of drug-likeness (QED) is 0.869. The molecule has 17 heavy (non-hydrogen) atoms. The van der Waals surface area contributed by atoms with Gasteiger partial charge in [-0.25, -0.2) is 0 Å². The molecule has 1 aliphatic heterocycles. The summed E-state index contributed by atoms with van der Waals surface area (Å²) in [5.41, 5.74) is 1.16. The lowest BCUT2D eigenvalue weighted by Gasteiger charge is -2.35. The van der Waals surface area contributed by atoms with Crippen molar-refractivity contribution in [2.75, 3.05) is 32.6 Å². The van der Waals surface area contributed by atoms with Crippen molar-refractivity contribution >= 4 is 5.69 Å². The zero-order valence-corrected chi connectivity index (χ0v) is 10.9. The minimum absolute atomic E-state index is 0.568. The van der Waals surface area contributed by atoms with Crippen molar-refractivity contribution in [2.24, 2.45) is 5.92 Å². The average Bonchev–Trinajstić information content (AvgIpc) is 2.33. The molecular weight excluding hydrogens is 212 g/mol. The summed E-state index contributed by atoms with van der Waals surface area (Å²) in [5, 5.41) is 3.62. The molecule has 0 unspecified atom stereocenters. The van der Waals surface area contributed by atoms with Crippen LogP contribution in [0.1, 0.15) is 13.3 Å². The van der Waals surface area contributed by atoms with Crippen molar-refractivity contribution in [1.29, 1.82) is 0 Å². The molecule has 1 aromatic carbocycles. The Bertz CT molecular complexity index is 367. The van der Waals surface area contributed by atoms with Crippen LogP contribution in [0, 0.1) is 5.92 Å². The van der Waals surface area contributed by atoms with E-state index in [4.69, 9.17) is 4.74 Å². The number of likely N-dealkylation sites (tertiary alicyclic amines) is 1. The van der Waals surface area contributed by atoms with E-state index in [9.17, 15) is 0 Å². The Balaban J connectivity index is 2.00. The van der Waals surface area contributed by atoms with Gasteiger partial charge in [-0.3, -0.25) is 0 Å². The van der Waals surface area contributed by atoms with E-state index in [1.807, 2.05) is 12.1 Å². The maximum atomic E-state index is 5.24. The predicted molar refractivity (Wildman–Crippen MR) is 71.7 cm³/mol. The second kappa shape index (κ2) is 5.41. The van der Waals surface area contributed by atoms with Crippen molar-refractivity contribution in [1.82, 2.24) is 4.90 Å². The summed E-state index contributed by atoms with van der Waals surface area (Å²) >= 11 is 0. The molecule has 1 N–H and O–H groups in total. The fourth-order valence-electron chi connectivity index (χ4n) is 2.50. The van der Waals surface area contributed by atoms with Crippen LogP contribution in [0.5, 0.6) is 5.75 Å². The van der Waals surface area contributed by atoms with Gasteiger partial charge in [-0.1, -0.05) is 13.0 Å². The smallest absolute Gasteiger partial charge is 0.120 e. The number of benzene rings is 1. The first kappa shape index (κ1) is 12.2. The zero-order chi connectivity index (χ0) is 12.3.